The molecule has 134 valence electrons. The number of aromatic nitrogens is 2. The van der Waals surface area contributed by atoms with Gasteiger partial charge in [0.15, 0.2) is 0 Å². The van der Waals surface area contributed by atoms with E-state index in [1.165, 1.54) is 5.56 Å². The number of hydrogen-bond donors (Lipinski definition) is 2. The van der Waals surface area contributed by atoms with Crippen LogP contribution in [0.15, 0.2) is 54.6 Å². The Bertz CT molecular complexity index is 1010. The van der Waals surface area contributed by atoms with Gasteiger partial charge in [-0.2, -0.15) is 5.26 Å². The molecule has 0 aliphatic rings. The number of hydrogen-bond acceptors (Lipinski definition) is 5. The van der Waals surface area contributed by atoms with Gasteiger partial charge in [0.25, 0.3) is 5.91 Å². The minimum Gasteiger partial charge on any atom is -0.350 e. The fourth-order valence-electron chi connectivity index (χ4n) is 2.51. The van der Waals surface area contributed by atoms with Gasteiger partial charge in [0.05, 0.1) is 11.6 Å². The molecule has 2 aromatic carbocycles. The summed E-state index contributed by atoms with van der Waals surface area (Å²) in [5.41, 5.74) is 4.27. The number of nitriles is 1. The van der Waals surface area contributed by atoms with Gasteiger partial charge in [0.1, 0.15) is 5.69 Å². The van der Waals surface area contributed by atoms with E-state index in [4.69, 9.17) is 5.26 Å². The monoisotopic (exact) mass is 357 g/mol. The minimum atomic E-state index is -0.353. The maximum absolute atomic E-state index is 12.5. The van der Waals surface area contributed by atoms with Crippen molar-refractivity contribution < 1.29 is 4.79 Å². The first kappa shape index (κ1) is 18.1. The Morgan fingerprint density at radius 2 is 1.85 bits per heavy atom. The summed E-state index contributed by atoms with van der Waals surface area (Å²) in [5, 5.41) is 14.9. The fourth-order valence-corrected chi connectivity index (χ4v) is 2.51. The second-order valence-corrected chi connectivity index (χ2v) is 6.20. The number of aryl methyl sites for hydroxylation is 2. The van der Waals surface area contributed by atoms with Gasteiger partial charge in [-0.25, -0.2) is 9.97 Å². The Morgan fingerprint density at radius 3 is 2.59 bits per heavy atom. The first-order valence-corrected chi connectivity index (χ1v) is 8.50. The standard InChI is InChI=1S/C21H19N5O/c1-14-6-8-16(9-7-14)13-23-21-24-15(2)10-19(26-21)20(27)25-18-5-3-4-17(11-18)12-22/h3-11H,13H2,1-2H3,(H,25,27)(H,23,24,26). The SMILES string of the molecule is Cc1ccc(CNc2nc(C)cc(C(=O)Nc3cccc(C#N)c3)n2)cc1. The molecule has 3 aromatic rings. The molecule has 0 saturated carbocycles. The zero-order chi connectivity index (χ0) is 19.2. The van der Waals surface area contributed by atoms with Gasteiger partial charge in [0.2, 0.25) is 5.95 Å². The van der Waals surface area contributed by atoms with Gasteiger partial charge in [-0.1, -0.05) is 35.9 Å². The molecule has 6 nitrogen and oxygen atoms in total. The number of amides is 1. The number of carbonyl (C=O) groups excluding carboxylic acids is 1. The molecule has 1 aromatic heterocycles. The molecule has 0 radical (unpaired) electrons. The van der Waals surface area contributed by atoms with Crippen molar-refractivity contribution in [3.05, 3.63) is 82.7 Å². The summed E-state index contributed by atoms with van der Waals surface area (Å²) in [6.45, 7) is 4.42. The van der Waals surface area contributed by atoms with Crippen molar-refractivity contribution in [2.45, 2.75) is 20.4 Å². The lowest BCUT2D eigenvalue weighted by Gasteiger charge is -2.09. The van der Waals surface area contributed by atoms with Gasteiger partial charge >= 0.3 is 0 Å². The molecule has 0 saturated heterocycles. The Kier molecular flexibility index (Phi) is 5.43. The molecule has 0 aliphatic carbocycles. The molecule has 0 bridgehead atoms. The molecule has 1 amide bonds. The summed E-state index contributed by atoms with van der Waals surface area (Å²) in [4.78, 5) is 21.2. The number of anilines is 2. The van der Waals surface area contributed by atoms with Gasteiger partial charge < -0.3 is 10.6 Å². The van der Waals surface area contributed by atoms with Crippen LogP contribution < -0.4 is 10.6 Å². The normalized spacial score (nSPS) is 10.1. The highest BCUT2D eigenvalue weighted by Gasteiger charge is 2.11. The van der Waals surface area contributed by atoms with Crippen molar-refractivity contribution in [3.63, 3.8) is 0 Å². The van der Waals surface area contributed by atoms with E-state index in [0.717, 1.165) is 5.56 Å². The molecule has 2 N–H and O–H groups in total. The van der Waals surface area contributed by atoms with E-state index < -0.39 is 0 Å². The molecule has 3 rings (SSSR count). The maximum atomic E-state index is 12.5. The molecule has 0 atom stereocenters. The Labute approximate surface area is 157 Å². The molecule has 0 aliphatic heterocycles. The van der Waals surface area contributed by atoms with Crippen molar-refractivity contribution in [1.29, 1.82) is 5.26 Å². The van der Waals surface area contributed by atoms with Crippen LogP contribution >= 0.6 is 0 Å². The highest BCUT2D eigenvalue weighted by Crippen LogP contribution is 2.13. The van der Waals surface area contributed by atoms with Gasteiger partial charge in [-0.05, 0) is 43.7 Å². The predicted molar refractivity (Wildman–Crippen MR) is 104 cm³/mol. The molecular formula is C21H19N5O. The van der Waals surface area contributed by atoms with Gasteiger partial charge in [-0.15, -0.1) is 0 Å². The number of rotatable bonds is 5. The highest BCUT2D eigenvalue weighted by atomic mass is 16.1. The van der Waals surface area contributed by atoms with Crippen molar-refractivity contribution in [3.8, 4) is 6.07 Å². The van der Waals surface area contributed by atoms with Crippen LogP contribution in [-0.2, 0) is 6.54 Å². The summed E-state index contributed by atoms with van der Waals surface area (Å²) in [6.07, 6.45) is 0. The summed E-state index contributed by atoms with van der Waals surface area (Å²) < 4.78 is 0. The average molecular weight is 357 g/mol. The second kappa shape index (κ2) is 8.11. The first-order chi connectivity index (χ1) is 13.0. The Hall–Kier alpha value is -3.72. The molecule has 27 heavy (non-hydrogen) atoms. The maximum Gasteiger partial charge on any atom is 0.274 e. The van der Waals surface area contributed by atoms with Crippen LogP contribution in [0.25, 0.3) is 0 Å². The summed E-state index contributed by atoms with van der Waals surface area (Å²) >= 11 is 0. The predicted octanol–water partition coefficient (Wildman–Crippen LogP) is 3.83. The average Bonchev–Trinajstić information content (AvgIpc) is 2.67. The third kappa shape index (κ3) is 4.89. The van der Waals surface area contributed by atoms with E-state index in [1.54, 1.807) is 30.3 Å². The van der Waals surface area contributed by atoms with Crippen LogP contribution in [0.2, 0.25) is 0 Å². The topological polar surface area (TPSA) is 90.7 Å². The van der Waals surface area contributed by atoms with Crippen molar-refractivity contribution in [2.24, 2.45) is 0 Å². The number of nitrogens with zero attached hydrogens (tertiary/aromatic N) is 3. The quantitative estimate of drug-likeness (QED) is 0.724. The number of benzene rings is 2. The number of nitrogens with one attached hydrogen (secondary N) is 2. The van der Waals surface area contributed by atoms with Crippen LogP contribution in [0.1, 0.15) is 32.9 Å². The lowest BCUT2D eigenvalue weighted by Crippen LogP contribution is -2.16. The lowest BCUT2D eigenvalue weighted by atomic mass is 10.1. The third-order valence-corrected chi connectivity index (χ3v) is 3.91. The van der Waals surface area contributed by atoms with Crippen LogP contribution in [0, 0.1) is 25.2 Å². The van der Waals surface area contributed by atoms with Crippen LogP contribution in [0.5, 0.6) is 0 Å². The second-order valence-electron chi connectivity index (χ2n) is 6.20. The zero-order valence-electron chi connectivity index (χ0n) is 15.2. The van der Waals surface area contributed by atoms with Gasteiger partial charge in [-0.3, -0.25) is 4.79 Å². The third-order valence-electron chi connectivity index (χ3n) is 3.91. The lowest BCUT2D eigenvalue weighted by molar-refractivity contribution is 0.102. The van der Waals surface area contributed by atoms with E-state index in [-0.39, 0.29) is 11.6 Å². The van der Waals surface area contributed by atoms with Crippen molar-refractivity contribution in [2.75, 3.05) is 10.6 Å². The fraction of sp³-hybridized carbons (Fsp3) is 0.143. The van der Waals surface area contributed by atoms with E-state index in [0.29, 0.717) is 29.4 Å². The van der Waals surface area contributed by atoms with Crippen molar-refractivity contribution >= 4 is 17.5 Å². The Balaban J connectivity index is 1.72. The zero-order valence-corrected chi connectivity index (χ0v) is 15.2. The van der Waals surface area contributed by atoms with Crippen LogP contribution in [0.4, 0.5) is 11.6 Å². The highest BCUT2D eigenvalue weighted by molar-refractivity contribution is 6.03. The van der Waals surface area contributed by atoms with Crippen LogP contribution in [-0.4, -0.2) is 15.9 Å². The van der Waals surface area contributed by atoms with E-state index in [2.05, 4.69) is 20.6 Å². The minimum absolute atomic E-state index is 0.260. The molecule has 0 spiro atoms. The summed E-state index contributed by atoms with van der Waals surface area (Å²) in [7, 11) is 0. The molecule has 6 heteroatoms. The molecular weight excluding hydrogens is 338 g/mol. The molecule has 0 unspecified atom stereocenters. The van der Waals surface area contributed by atoms with Crippen molar-refractivity contribution in [1.82, 2.24) is 9.97 Å². The molecule has 1 heterocycles. The summed E-state index contributed by atoms with van der Waals surface area (Å²) in [6, 6.07) is 18.6. The Morgan fingerprint density at radius 1 is 1.07 bits per heavy atom. The first-order valence-electron chi connectivity index (χ1n) is 8.50. The smallest absolute Gasteiger partial charge is 0.274 e. The van der Waals surface area contributed by atoms with E-state index >= 15 is 0 Å². The van der Waals surface area contributed by atoms with E-state index in [9.17, 15) is 4.79 Å². The largest absolute Gasteiger partial charge is 0.350 e. The molecule has 0 fully saturated rings. The van der Waals surface area contributed by atoms with Crippen LogP contribution in [0.3, 0.4) is 0 Å². The van der Waals surface area contributed by atoms with E-state index in [1.807, 2.05) is 44.2 Å². The number of carbonyl (C=O) groups is 1. The van der Waals surface area contributed by atoms with Gasteiger partial charge in [0, 0.05) is 17.9 Å². The summed E-state index contributed by atoms with van der Waals surface area (Å²) in [5.74, 6) is 0.0421.